The summed E-state index contributed by atoms with van der Waals surface area (Å²) >= 11 is 18.9. The summed E-state index contributed by atoms with van der Waals surface area (Å²) < 4.78 is 1.66. The number of hydrogen-bond donors (Lipinski definition) is 5. The zero-order chi connectivity index (χ0) is 12.2. The number of fused-ring (bicyclic) bond motifs is 2. The molecule has 17 heavy (non-hydrogen) atoms. The van der Waals surface area contributed by atoms with Crippen molar-refractivity contribution in [2.45, 2.75) is 10.4 Å². The molecule has 0 saturated heterocycles. The van der Waals surface area contributed by atoms with Gasteiger partial charge in [0.2, 0.25) is 0 Å². The van der Waals surface area contributed by atoms with Gasteiger partial charge in [0, 0.05) is 10.5 Å². The number of hydrogen-bond acceptors (Lipinski definition) is 5. The van der Waals surface area contributed by atoms with Crippen LogP contribution in [-0.4, -0.2) is 14.8 Å². The summed E-state index contributed by atoms with van der Waals surface area (Å²) in [6.07, 6.45) is 0. The van der Waals surface area contributed by atoms with Crippen LogP contribution in [0.25, 0.3) is 5.70 Å². The van der Waals surface area contributed by atoms with E-state index >= 15 is 0 Å². The molecule has 1 N–H and O–H groups in total. The molecule has 1 aromatic rings. The summed E-state index contributed by atoms with van der Waals surface area (Å²) in [4.78, 5) is 3.05. The van der Waals surface area contributed by atoms with Crippen LogP contribution in [0.3, 0.4) is 0 Å². The normalized spacial score (nSPS) is 28.9. The highest BCUT2D eigenvalue weighted by molar-refractivity contribution is 8.80. The van der Waals surface area contributed by atoms with E-state index in [1.807, 2.05) is 12.1 Å². The van der Waals surface area contributed by atoms with Crippen molar-refractivity contribution in [3.63, 3.8) is 0 Å². The van der Waals surface area contributed by atoms with Crippen LogP contribution >= 0.6 is 59.2 Å². The predicted octanol–water partition coefficient (Wildman–Crippen LogP) is 2.86. The molecule has 0 fully saturated rings. The van der Waals surface area contributed by atoms with Gasteiger partial charge in [-0.15, -0.1) is 34.2 Å². The highest BCUT2D eigenvalue weighted by Crippen LogP contribution is 2.59. The van der Waals surface area contributed by atoms with Crippen LogP contribution in [0.15, 0.2) is 34.1 Å². The van der Waals surface area contributed by atoms with E-state index < -0.39 is 9.93 Å². The molecule has 1 aromatic carbocycles. The average Bonchev–Trinajstić information content (AvgIpc) is 2.61. The third-order valence-corrected chi connectivity index (χ3v) is 7.38. The van der Waals surface area contributed by atoms with Gasteiger partial charge in [-0.2, -0.15) is 0 Å². The molecule has 0 radical (unpaired) electrons. The van der Waals surface area contributed by atoms with Gasteiger partial charge in [0.15, 0.2) is 5.50 Å². The maximum absolute atomic E-state index is 5.44. The highest BCUT2D eigenvalue weighted by Gasteiger charge is 2.36. The van der Waals surface area contributed by atoms with Crippen molar-refractivity contribution >= 4 is 69.9 Å². The van der Waals surface area contributed by atoms with Crippen molar-refractivity contribution < 1.29 is 0 Å². The van der Waals surface area contributed by atoms with E-state index in [4.69, 9.17) is 23.9 Å². The first kappa shape index (κ1) is 12.1. The third-order valence-electron chi connectivity index (χ3n) is 2.77. The molecule has 2 aliphatic heterocycles. The maximum Gasteiger partial charge on any atom is 0.155 e. The Kier molecular flexibility index (Phi) is 3.07. The molecule has 2 unspecified atom stereocenters. The quantitative estimate of drug-likeness (QED) is 0.287. The number of thiol groups is 4. The molecule has 0 spiro atoms. The minimum atomic E-state index is -0.677. The molecule has 0 aliphatic carbocycles. The second-order valence-electron chi connectivity index (χ2n) is 3.72. The first-order valence-corrected chi connectivity index (χ1v) is 8.73. The summed E-state index contributed by atoms with van der Waals surface area (Å²) in [5.74, 6) is 0. The van der Waals surface area contributed by atoms with Crippen LogP contribution in [0, 0.1) is 0 Å². The molecule has 0 aromatic heterocycles. The molecule has 90 valence electrons. The number of thiocarbonyl (C=S) groups is 1. The first-order chi connectivity index (χ1) is 8.11. The van der Waals surface area contributed by atoms with E-state index in [1.165, 1.54) is 10.5 Å². The van der Waals surface area contributed by atoms with Gasteiger partial charge >= 0.3 is 0 Å². The molecule has 2 atom stereocenters. The van der Waals surface area contributed by atoms with Crippen LogP contribution in [-0.2, 0) is 0 Å². The van der Waals surface area contributed by atoms with Crippen molar-refractivity contribution in [1.29, 1.82) is 0 Å². The van der Waals surface area contributed by atoms with E-state index in [0.717, 1.165) is 15.6 Å². The summed E-state index contributed by atoms with van der Waals surface area (Å²) in [5.41, 5.74) is 2.05. The Morgan fingerprint density at radius 1 is 1.35 bits per heavy atom. The van der Waals surface area contributed by atoms with Crippen LogP contribution in [0.1, 0.15) is 5.56 Å². The fraction of sp³-hybridized carbons (Fsp3) is 0.100. The van der Waals surface area contributed by atoms with Crippen LogP contribution in [0.5, 0.6) is 0 Å². The van der Waals surface area contributed by atoms with Gasteiger partial charge in [0.05, 0.1) is 10.6 Å². The fourth-order valence-electron chi connectivity index (χ4n) is 1.98. The van der Waals surface area contributed by atoms with Crippen molar-refractivity contribution in [2.24, 2.45) is 0 Å². The molecule has 0 bridgehead atoms. The van der Waals surface area contributed by atoms with Crippen LogP contribution < -0.4 is 5.32 Å². The standard InChI is InChI=1S/C10H10N2S5/c13-9-8-7(11-10(14)12(9)15)5-3-1-2-4-6(5)17(8)16/h1-4,10-11,14-17H. The Labute approximate surface area is 124 Å². The summed E-state index contributed by atoms with van der Waals surface area (Å²) in [5, 5.41) is 3.32. The van der Waals surface area contributed by atoms with Crippen LogP contribution in [0.2, 0.25) is 0 Å². The second-order valence-corrected chi connectivity index (χ2v) is 7.78. The van der Waals surface area contributed by atoms with Gasteiger partial charge in [-0.3, -0.25) is 4.31 Å². The molecule has 0 saturated carbocycles. The number of rotatable bonds is 0. The Balaban J connectivity index is 2.18. The van der Waals surface area contributed by atoms with Gasteiger partial charge in [-0.05, 0) is 6.07 Å². The van der Waals surface area contributed by atoms with Crippen molar-refractivity contribution in [1.82, 2.24) is 9.62 Å². The topological polar surface area (TPSA) is 15.3 Å². The van der Waals surface area contributed by atoms with Gasteiger partial charge in [0.25, 0.3) is 0 Å². The lowest BCUT2D eigenvalue weighted by molar-refractivity contribution is 0.590. The molecule has 2 aliphatic rings. The zero-order valence-corrected chi connectivity index (χ0v) is 12.9. The van der Waals surface area contributed by atoms with Gasteiger partial charge in [0.1, 0.15) is 4.99 Å². The average molecular weight is 319 g/mol. The Bertz CT molecular complexity index is 541. The summed E-state index contributed by atoms with van der Waals surface area (Å²) in [7, 11) is -0.677. The number of nitrogens with zero attached hydrogens (tertiary/aromatic N) is 1. The molecule has 3 rings (SSSR count). The highest BCUT2D eigenvalue weighted by atomic mass is 33.1. The molecular formula is C10H10N2S5. The van der Waals surface area contributed by atoms with Gasteiger partial charge in [-0.1, -0.05) is 43.2 Å². The zero-order valence-electron chi connectivity index (χ0n) is 8.53. The Morgan fingerprint density at radius 3 is 2.82 bits per heavy atom. The van der Waals surface area contributed by atoms with Gasteiger partial charge < -0.3 is 5.32 Å². The van der Waals surface area contributed by atoms with E-state index in [1.54, 1.807) is 4.31 Å². The molecule has 7 heteroatoms. The second kappa shape index (κ2) is 4.31. The minimum absolute atomic E-state index is 0.201. The fourth-order valence-corrected chi connectivity index (χ4v) is 5.90. The van der Waals surface area contributed by atoms with E-state index in [-0.39, 0.29) is 5.50 Å². The van der Waals surface area contributed by atoms with E-state index in [0.29, 0.717) is 0 Å². The lowest BCUT2D eigenvalue weighted by Crippen LogP contribution is -2.43. The lowest BCUT2D eigenvalue weighted by atomic mass is 10.1. The van der Waals surface area contributed by atoms with Crippen molar-refractivity contribution in [3.8, 4) is 0 Å². The molecular weight excluding hydrogens is 308 g/mol. The number of nitrogens with one attached hydrogen (secondary N) is 1. The Morgan fingerprint density at radius 2 is 2.06 bits per heavy atom. The number of benzene rings is 1. The Hall–Kier alpha value is 0.0500. The van der Waals surface area contributed by atoms with Gasteiger partial charge in [-0.25, -0.2) is 0 Å². The molecule has 2 heterocycles. The lowest BCUT2D eigenvalue weighted by Gasteiger charge is -2.33. The summed E-state index contributed by atoms with van der Waals surface area (Å²) in [6.45, 7) is 0. The minimum Gasteiger partial charge on any atom is -0.355 e. The predicted molar refractivity (Wildman–Crippen MR) is 88.9 cm³/mol. The smallest absolute Gasteiger partial charge is 0.155 e. The third kappa shape index (κ3) is 1.71. The van der Waals surface area contributed by atoms with Crippen LogP contribution in [0.4, 0.5) is 0 Å². The van der Waals surface area contributed by atoms with E-state index in [2.05, 4.69) is 42.9 Å². The monoisotopic (exact) mass is 318 g/mol. The summed E-state index contributed by atoms with van der Waals surface area (Å²) in [6, 6.07) is 8.25. The molecule has 0 amide bonds. The van der Waals surface area contributed by atoms with Crippen molar-refractivity contribution in [3.05, 3.63) is 34.7 Å². The largest absolute Gasteiger partial charge is 0.355 e. The molecule has 2 nitrogen and oxygen atoms in total. The van der Waals surface area contributed by atoms with E-state index in [9.17, 15) is 0 Å². The van der Waals surface area contributed by atoms with Crippen molar-refractivity contribution in [2.75, 3.05) is 0 Å². The SMILES string of the molecule is S=C1C2=C(NC(S)N1S)c1ccccc1[SH]2S. The maximum atomic E-state index is 5.44. The first-order valence-electron chi connectivity index (χ1n) is 4.91.